The molecular weight excluding hydrogens is 214 g/mol. The van der Waals surface area contributed by atoms with E-state index < -0.39 is 0 Å². The van der Waals surface area contributed by atoms with Gasteiger partial charge in [-0.15, -0.1) is 0 Å². The molecule has 0 atom stereocenters. The first-order valence-electron chi connectivity index (χ1n) is 6.92. The van der Waals surface area contributed by atoms with E-state index in [1.807, 2.05) is 11.9 Å². The third kappa shape index (κ3) is 3.42. The van der Waals surface area contributed by atoms with Gasteiger partial charge in [-0.2, -0.15) is 0 Å². The van der Waals surface area contributed by atoms with Crippen molar-refractivity contribution in [1.82, 2.24) is 9.80 Å². The maximum Gasteiger partial charge on any atom is 0.236 e. The molecule has 0 aromatic rings. The van der Waals surface area contributed by atoms with Crippen LogP contribution in [0.1, 0.15) is 38.5 Å². The van der Waals surface area contributed by atoms with Crippen LogP contribution in [-0.2, 0) is 4.79 Å². The molecule has 4 heteroatoms. The molecule has 2 fully saturated rings. The van der Waals surface area contributed by atoms with Gasteiger partial charge in [0.25, 0.3) is 0 Å². The molecule has 2 N–H and O–H groups in total. The first kappa shape index (κ1) is 12.8. The van der Waals surface area contributed by atoms with Crippen molar-refractivity contribution in [2.45, 2.75) is 50.6 Å². The average molecular weight is 239 g/mol. The molecule has 0 unspecified atom stereocenters. The van der Waals surface area contributed by atoms with Crippen LogP contribution >= 0.6 is 0 Å². The SMILES string of the molecule is CN(C(=O)CN(CCN)C1CCCC1)C1CC1. The van der Waals surface area contributed by atoms with Crippen molar-refractivity contribution < 1.29 is 4.79 Å². The van der Waals surface area contributed by atoms with E-state index in [0.29, 0.717) is 25.2 Å². The van der Waals surface area contributed by atoms with Gasteiger partial charge in [-0.1, -0.05) is 12.8 Å². The Morgan fingerprint density at radius 1 is 1.18 bits per heavy atom. The van der Waals surface area contributed by atoms with E-state index in [1.165, 1.54) is 38.5 Å². The number of rotatable bonds is 6. The van der Waals surface area contributed by atoms with Crippen molar-refractivity contribution in [3.05, 3.63) is 0 Å². The summed E-state index contributed by atoms with van der Waals surface area (Å²) >= 11 is 0. The predicted molar refractivity (Wildman–Crippen MR) is 68.7 cm³/mol. The molecule has 0 aromatic heterocycles. The fourth-order valence-electron chi connectivity index (χ4n) is 2.78. The zero-order chi connectivity index (χ0) is 12.3. The number of nitrogens with two attached hydrogens (primary N) is 1. The lowest BCUT2D eigenvalue weighted by atomic mass is 10.2. The molecular formula is C13H25N3O. The second-order valence-electron chi connectivity index (χ2n) is 5.43. The molecule has 0 aliphatic heterocycles. The number of hydrogen-bond acceptors (Lipinski definition) is 3. The summed E-state index contributed by atoms with van der Waals surface area (Å²) in [5, 5.41) is 0. The number of nitrogens with zero attached hydrogens (tertiary/aromatic N) is 2. The highest BCUT2D eigenvalue weighted by Gasteiger charge is 2.31. The summed E-state index contributed by atoms with van der Waals surface area (Å²) in [6, 6.07) is 1.11. The summed E-state index contributed by atoms with van der Waals surface area (Å²) in [7, 11) is 1.94. The van der Waals surface area contributed by atoms with Crippen molar-refractivity contribution in [3.63, 3.8) is 0 Å². The van der Waals surface area contributed by atoms with Crippen LogP contribution in [0.4, 0.5) is 0 Å². The van der Waals surface area contributed by atoms with Gasteiger partial charge < -0.3 is 10.6 Å². The first-order chi connectivity index (χ1) is 8.22. The zero-order valence-corrected chi connectivity index (χ0v) is 10.9. The first-order valence-corrected chi connectivity index (χ1v) is 6.92. The fourth-order valence-corrected chi connectivity index (χ4v) is 2.78. The molecule has 98 valence electrons. The molecule has 0 radical (unpaired) electrons. The Labute approximate surface area is 104 Å². The third-order valence-electron chi connectivity index (χ3n) is 4.08. The van der Waals surface area contributed by atoms with Crippen LogP contribution in [0.15, 0.2) is 0 Å². The molecule has 4 nitrogen and oxygen atoms in total. The van der Waals surface area contributed by atoms with Gasteiger partial charge in [0.2, 0.25) is 5.91 Å². The summed E-state index contributed by atoms with van der Waals surface area (Å²) in [4.78, 5) is 16.3. The van der Waals surface area contributed by atoms with E-state index in [1.54, 1.807) is 0 Å². The quantitative estimate of drug-likeness (QED) is 0.746. The summed E-state index contributed by atoms with van der Waals surface area (Å²) in [6.07, 6.45) is 7.45. The smallest absolute Gasteiger partial charge is 0.236 e. The van der Waals surface area contributed by atoms with Crippen molar-refractivity contribution in [1.29, 1.82) is 0 Å². The van der Waals surface area contributed by atoms with Crippen LogP contribution in [0, 0.1) is 0 Å². The molecule has 2 rings (SSSR count). The minimum absolute atomic E-state index is 0.271. The topological polar surface area (TPSA) is 49.6 Å². The van der Waals surface area contributed by atoms with Crippen LogP contribution in [0.25, 0.3) is 0 Å². The molecule has 0 aromatic carbocycles. The standard InChI is InChI=1S/C13H25N3O/c1-15(11-6-7-11)13(17)10-16(9-8-14)12-4-2-3-5-12/h11-12H,2-10,14H2,1H3. The molecule has 2 saturated carbocycles. The summed E-state index contributed by atoms with van der Waals surface area (Å²) in [5.74, 6) is 0.271. The van der Waals surface area contributed by atoms with Gasteiger partial charge in [0.1, 0.15) is 0 Å². The maximum atomic E-state index is 12.1. The average Bonchev–Trinajstić information content (AvgIpc) is 3.03. The maximum absolute atomic E-state index is 12.1. The second-order valence-corrected chi connectivity index (χ2v) is 5.43. The van der Waals surface area contributed by atoms with Crippen molar-refractivity contribution in [2.75, 3.05) is 26.7 Å². The number of amides is 1. The lowest BCUT2D eigenvalue weighted by molar-refractivity contribution is -0.132. The second kappa shape index (κ2) is 5.83. The Bertz CT molecular complexity index is 259. The van der Waals surface area contributed by atoms with Crippen molar-refractivity contribution in [3.8, 4) is 0 Å². The van der Waals surface area contributed by atoms with Crippen molar-refractivity contribution in [2.24, 2.45) is 5.73 Å². The van der Waals surface area contributed by atoms with Crippen LogP contribution in [0.3, 0.4) is 0 Å². The molecule has 0 bridgehead atoms. The van der Waals surface area contributed by atoms with Crippen LogP contribution in [-0.4, -0.2) is 54.5 Å². The van der Waals surface area contributed by atoms with Gasteiger partial charge in [0.15, 0.2) is 0 Å². The number of carbonyl (C=O) groups is 1. The lowest BCUT2D eigenvalue weighted by Crippen LogP contribution is -2.45. The van der Waals surface area contributed by atoms with Crippen molar-refractivity contribution >= 4 is 5.91 Å². The van der Waals surface area contributed by atoms with Gasteiger partial charge in [-0.3, -0.25) is 9.69 Å². The highest BCUT2D eigenvalue weighted by Crippen LogP contribution is 2.26. The van der Waals surface area contributed by atoms with E-state index in [0.717, 1.165) is 6.54 Å². The van der Waals surface area contributed by atoms with Gasteiger partial charge in [0, 0.05) is 32.2 Å². The summed E-state index contributed by atoms with van der Waals surface area (Å²) in [6.45, 7) is 2.07. The van der Waals surface area contributed by atoms with E-state index in [4.69, 9.17) is 5.73 Å². The Balaban J connectivity index is 1.84. The third-order valence-corrected chi connectivity index (χ3v) is 4.08. The highest BCUT2D eigenvalue weighted by molar-refractivity contribution is 5.78. The molecule has 17 heavy (non-hydrogen) atoms. The largest absolute Gasteiger partial charge is 0.342 e. The minimum Gasteiger partial charge on any atom is -0.342 e. The Hall–Kier alpha value is -0.610. The van der Waals surface area contributed by atoms with Gasteiger partial charge in [-0.25, -0.2) is 0 Å². The van der Waals surface area contributed by atoms with Crippen LogP contribution in [0.2, 0.25) is 0 Å². The van der Waals surface area contributed by atoms with E-state index in [-0.39, 0.29) is 5.91 Å². The highest BCUT2D eigenvalue weighted by atomic mass is 16.2. The fraction of sp³-hybridized carbons (Fsp3) is 0.923. The Morgan fingerprint density at radius 2 is 1.82 bits per heavy atom. The van der Waals surface area contributed by atoms with Crippen LogP contribution in [0.5, 0.6) is 0 Å². The van der Waals surface area contributed by atoms with Gasteiger partial charge >= 0.3 is 0 Å². The normalized spacial score (nSPS) is 21.1. The Kier molecular flexibility index (Phi) is 4.40. The number of hydrogen-bond donors (Lipinski definition) is 1. The molecule has 0 saturated heterocycles. The molecule has 1 amide bonds. The molecule has 0 heterocycles. The Morgan fingerprint density at radius 3 is 2.35 bits per heavy atom. The zero-order valence-electron chi connectivity index (χ0n) is 10.9. The van der Waals surface area contributed by atoms with Crippen LogP contribution < -0.4 is 5.73 Å². The van der Waals surface area contributed by atoms with Gasteiger partial charge in [0.05, 0.1) is 6.54 Å². The number of carbonyl (C=O) groups excluding carboxylic acids is 1. The molecule has 0 spiro atoms. The van der Waals surface area contributed by atoms with Gasteiger partial charge in [-0.05, 0) is 25.7 Å². The van der Waals surface area contributed by atoms with E-state index in [2.05, 4.69) is 4.90 Å². The monoisotopic (exact) mass is 239 g/mol. The van der Waals surface area contributed by atoms with E-state index in [9.17, 15) is 4.79 Å². The lowest BCUT2D eigenvalue weighted by Gasteiger charge is -2.29. The predicted octanol–water partition coefficient (Wildman–Crippen LogP) is 0.811. The summed E-state index contributed by atoms with van der Waals surface area (Å²) in [5.41, 5.74) is 5.65. The number of likely N-dealkylation sites (N-methyl/N-ethyl adjacent to an activating group) is 1. The van der Waals surface area contributed by atoms with E-state index >= 15 is 0 Å². The molecule has 2 aliphatic rings. The minimum atomic E-state index is 0.271. The molecule has 2 aliphatic carbocycles. The summed E-state index contributed by atoms with van der Waals surface area (Å²) < 4.78 is 0.